The van der Waals surface area contributed by atoms with Crippen LogP contribution in [0.2, 0.25) is 0 Å². The fraction of sp³-hybridized carbons (Fsp3) is 0.533. The summed E-state index contributed by atoms with van der Waals surface area (Å²) in [5, 5.41) is 43.6. The zero-order valence-corrected chi connectivity index (χ0v) is 22.7. The second-order valence-corrected chi connectivity index (χ2v) is 12.0. The molecule has 4 saturated heterocycles. The fourth-order valence-electron chi connectivity index (χ4n) is 7.68. The van der Waals surface area contributed by atoms with E-state index in [-0.39, 0.29) is 19.4 Å². The van der Waals surface area contributed by atoms with Crippen molar-refractivity contribution in [2.45, 2.75) is 73.8 Å². The van der Waals surface area contributed by atoms with Gasteiger partial charge in [0.05, 0.1) is 16.5 Å². The van der Waals surface area contributed by atoms with Crippen molar-refractivity contribution >= 4 is 11.9 Å². The molecule has 42 heavy (non-hydrogen) atoms. The second-order valence-electron chi connectivity index (χ2n) is 12.0. The predicted molar refractivity (Wildman–Crippen MR) is 138 cm³/mol. The Hall–Kier alpha value is -2.94. The lowest BCUT2D eigenvalue weighted by atomic mass is 9.41. The lowest BCUT2D eigenvalue weighted by molar-refractivity contribution is -0.424. The molecular weight excluding hydrogens is 552 g/mol. The van der Waals surface area contributed by atoms with Crippen LogP contribution in [0.3, 0.4) is 0 Å². The summed E-state index contributed by atoms with van der Waals surface area (Å²) in [5.74, 6) is -3.25. The van der Waals surface area contributed by atoms with Crippen molar-refractivity contribution in [1.29, 1.82) is 0 Å². The number of hydrogen-bond acceptors (Lipinski definition) is 12. The first-order valence-corrected chi connectivity index (χ1v) is 13.9. The molecule has 6 bridgehead atoms. The average molecular weight is 585 g/mol. The molecule has 2 aromatic carbocycles. The van der Waals surface area contributed by atoms with E-state index >= 15 is 0 Å². The minimum atomic E-state index is -1.69. The monoisotopic (exact) mass is 584 g/mol. The molecule has 7 aliphatic rings. The van der Waals surface area contributed by atoms with E-state index in [2.05, 4.69) is 0 Å². The van der Waals surface area contributed by atoms with Crippen molar-refractivity contribution in [2.75, 3.05) is 13.2 Å². The van der Waals surface area contributed by atoms with Gasteiger partial charge in [-0.05, 0) is 37.6 Å². The van der Waals surface area contributed by atoms with Crippen LogP contribution < -0.4 is 0 Å². The molecule has 7 fully saturated rings. The van der Waals surface area contributed by atoms with E-state index in [1.807, 2.05) is 0 Å². The maximum atomic E-state index is 12.9. The van der Waals surface area contributed by atoms with Gasteiger partial charge in [-0.3, -0.25) is 0 Å². The quantitative estimate of drug-likeness (QED) is 0.318. The Bertz CT molecular complexity index is 1370. The molecule has 224 valence electrons. The number of carbonyl (C=O) groups is 2. The number of esters is 2. The van der Waals surface area contributed by atoms with Crippen LogP contribution in [-0.4, -0.2) is 99.6 Å². The zero-order valence-electron chi connectivity index (χ0n) is 22.7. The molecule has 4 N–H and O–H groups in total. The standard InChI is InChI=1S/C30H32O12/c1-27-14-29(36)19-12-30(27,28(19,26(41-27)42-29)15-38-24(35)17-10-6-3-7-11-17)40-25-22(33)21(32)20(31)18(39-25)13-37-23(34)16-8-4-2-5-9-16/h2-11,18-22,25-26,31-33,36H,12-15H2,1H3/t18-,19-,20-,21+,22-,25+,26-,27+,28+,29+,30+/m1/s1. The summed E-state index contributed by atoms with van der Waals surface area (Å²) in [6, 6.07) is 16.7. The van der Waals surface area contributed by atoms with Crippen LogP contribution in [0.5, 0.6) is 0 Å². The summed E-state index contributed by atoms with van der Waals surface area (Å²) in [4.78, 5) is 25.4. The Morgan fingerprint density at radius 1 is 0.881 bits per heavy atom. The normalized spacial score (nSPS) is 44.5. The predicted octanol–water partition coefficient (Wildman–Crippen LogP) is 0.507. The lowest BCUT2D eigenvalue weighted by Gasteiger charge is -2.67. The summed E-state index contributed by atoms with van der Waals surface area (Å²) in [6.07, 6.45) is -8.34. The van der Waals surface area contributed by atoms with Gasteiger partial charge in [0, 0.05) is 12.3 Å². The number of carbonyl (C=O) groups excluding carboxylic acids is 2. The molecule has 0 radical (unpaired) electrons. The molecule has 2 aromatic rings. The largest absolute Gasteiger partial charge is 0.461 e. The van der Waals surface area contributed by atoms with E-state index in [9.17, 15) is 30.0 Å². The van der Waals surface area contributed by atoms with Gasteiger partial charge in [0.15, 0.2) is 18.4 Å². The van der Waals surface area contributed by atoms with Gasteiger partial charge in [-0.2, -0.15) is 0 Å². The van der Waals surface area contributed by atoms with Crippen LogP contribution >= 0.6 is 0 Å². The number of benzene rings is 2. The molecule has 0 unspecified atom stereocenters. The molecule has 0 spiro atoms. The molecule has 4 heterocycles. The third-order valence-electron chi connectivity index (χ3n) is 9.78. The summed E-state index contributed by atoms with van der Waals surface area (Å²) in [6.45, 7) is 1.12. The van der Waals surface area contributed by atoms with Crippen LogP contribution in [0.4, 0.5) is 0 Å². The van der Waals surface area contributed by atoms with Crippen LogP contribution in [0.1, 0.15) is 40.5 Å². The number of hydrogen-bond donors (Lipinski definition) is 4. The highest BCUT2D eigenvalue weighted by molar-refractivity contribution is 5.89. The van der Waals surface area contributed by atoms with Gasteiger partial charge in [0.1, 0.15) is 48.8 Å². The van der Waals surface area contributed by atoms with E-state index < -0.39 is 83.9 Å². The smallest absolute Gasteiger partial charge is 0.338 e. The number of aliphatic hydroxyl groups is 4. The Kier molecular flexibility index (Phi) is 6.32. The van der Waals surface area contributed by atoms with Crippen LogP contribution in [0.25, 0.3) is 0 Å². The third kappa shape index (κ3) is 3.70. The van der Waals surface area contributed by atoms with Crippen LogP contribution in [0.15, 0.2) is 60.7 Å². The van der Waals surface area contributed by atoms with Crippen molar-refractivity contribution in [2.24, 2.45) is 11.3 Å². The second kappa shape index (κ2) is 9.53. The van der Waals surface area contributed by atoms with Gasteiger partial charge < -0.3 is 48.8 Å². The van der Waals surface area contributed by atoms with E-state index in [1.54, 1.807) is 67.6 Å². The SMILES string of the molecule is C[C@@]12C[C@]3(O)O[C@@H](O1)[C@]1(COC(=O)c4ccccc4)[C@H]3C[C@@]12O[C@@H]1O[C@H](COC(=O)c2ccccc2)[C@@H](O)[C@H](O)[C@H]1O. The molecule has 9 rings (SSSR count). The highest BCUT2D eigenvalue weighted by atomic mass is 16.8. The van der Waals surface area contributed by atoms with Gasteiger partial charge in [-0.1, -0.05) is 36.4 Å². The molecule has 0 amide bonds. The number of rotatable bonds is 8. The lowest BCUT2D eigenvalue weighted by Crippen LogP contribution is -2.80. The minimum absolute atomic E-state index is 0.0572. The maximum Gasteiger partial charge on any atom is 0.338 e. The van der Waals surface area contributed by atoms with Gasteiger partial charge in [0.25, 0.3) is 0 Å². The van der Waals surface area contributed by atoms with Crippen molar-refractivity contribution in [1.82, 2.24) is 0 Å². The molecule has 3 saturated carbocycles. The van der Waals surface area contributed by atoms with Gasteiger partial charge >= 0.3 is 11.9 Å². The van der Waals surface area contributed by atoms with Gasteiger partial charge in [-0.25, -0.2) is 9.59 Å². The fourth-order valence-corrected chi connectivity index (χ4v) is 7.68. The van der Waals surface area contributed by atoms with E-state index in [1.165, 1.54) is 0 Å². The molecule has 11 atom stereocenters. The van der Waals surface area contributed by atoms with Gasteiger partial charge in [-0.15, -0.1) is 0 Å². The molecule has 12 nitrogen and oxygen atoms in total. The molecule has 0 aromatic heterocycles. The Morgan fingerprint density at radius 2 is 1.50 bits per heavy atom. The zero-order chi connectivity index (χ0) is 29.5. The first kappa shape index (κ1) is 27.9. The summed E-state index contributed by atoms with van der Waals surface area (Å²) in [7, 11) is 0. The van der Waals surface area contributed by atoms with Crippen molar-refractivity contribution in [3.05, 3.63) is 71.8 Å². The first-order valence-electron chi connectivity index (χ1n) is 13.9. The summed E-state index contributed by atoms with van der Waals surface area (Å²) in [5.41, 5.74) is -2.88. The van der Waals surface area contributed by atoms with Crippen LogP contribution in [0, 0.1) is 11.3 Å². The van der Waals surface area contributed by atoms with E-state index in [0.29, 0.717) is 11.1 Å². The first-order chi connectivity index (χ1) is 20.0. The van der Waals surface area contributed by atoms with Crippen molar-refractivity contribution in [3.63, 3.8) is 0 Å². The highest BCUT2D eigenvalue weighted by Crippen LogP contribution is 2.81. The number of ether oxygens (including phenoxy) is 6. The maximum absolute atomic E-state index is 12.9. The number of aliphatic hydroxyl groups excluding tert-OH is 3. The van der Waals surface area contributed by atoms with Gasteiger partial charge in [0.2, 0.25) is 0 Å². The van der Waals surface area contributed by atoms with E-state index in [4.69, 9.17) is 28.4 Å². The minimum Gasteiger partial charge on any atom is -0.461 e. The third-order valence-corrected chi connectivity index (χ3v) is 9.78. The Labute approximate surface area is 240 Å². The van der Waals surface area contributed by atoms with Crippen molar-refractivity contribution < 1.29 is 58.4 Å². The van der Waals surface area contributed by atoms with Crippen LogP contribution in [-0.2, 0) is 28.4 Å². The topological polar surface area (TPSA) is 170 Å². The molecule has 12 heteroatoms. The summed E-state index contributed by atoms with van der Waals surface area (Å²) >= 11 is 0. The average Bonchev–Trinajstić information content (AvgIpc) is 3.18. The molecule has 4 aliphatic heterocycles. The van der Waals surface area contributed by atoms with E-state index in [0.717, 1.165) is 0 Å². The Balaban J connectivity index is 1.13. The Morgan fingerprint density at radius 3 is 2.14 bits per heavy atom. The van der Waals surface area contributed by atoms with Crippen molar-refractivity contribution in [3.8, 4) is 0 Å². The molecular formula is C30H32O12. The summed E-state index contributed by atoms with van der Waals surface area (Å²) < 4.78 is 35.7. The highest BCUT2D eigenvalue weighted by Gasteiger charge is 2.94. The molecule has 3 aliphatic carbocycles.